The maximum Gasteiger partial charge on any atom is 0.417 e. The summed E-state index contributed by atoms with van der Waals surface area (Å²) >= 11 is 5.67. The van der Waals surface area contributed by atoms with Crippen molar-refractivity contribution in [1.29, 1.82) is 0 Å². The SMILES string of the molecule is CC(=NNC(=O)CN(c1ccc(Cl)c(C(F)(F)F)c1)S(=O)(=O)c1ccccc1)c1ccccc1O. The summed E-state index contributed by atoms with van der Waals surface area (Å²) in [5.41, 5.74) is 1.06. The largest absolute Gasteiger partial charge is 0.507 e. The molecule has 0 aliphatic rings. The third kappa shape index (κ3) is 6.11. The summed E-state index contributed by atoms with van der Waals surface area (Å²) in [5, 5.41) is 13.1. The van der Waals surface area contributed by atoms with Gasteiger partial charge in [-0.1, -0.05) is 41.9 Å². The summed E-state index contributed by atoms with van der Waals surface area (Å²) < 4.78 is 67.3. The van der Waals surface area contributed by atoms with Crippen molar-refractivity contribution in [3.8, 4) is 5.75 Å². The molecule has 0 heterocycles. The molecule has 0 radical (unpaired) electrons. The molecule has 2 N–H and O–H groups in total. The van der Waals surface area contributed by atoms with Crippen molar-refractivity contribution in [3.05, 3.63) is 88.9 Å². The molecule has 184 valence electrons. The number of aromatic hydroxyl groups is 1. The van der Waals surface area contributed by atoms with Gasteiger partial charge in [0.05, 0.1) is 26.9 Å². The van der Waals surface area contributed by atoms with E-state index in [2.05, 4.69) is 10.5 Å². The van der Waals surface area contributed by atoms with Crippen LogP contribution >= 0.6 is 11.6 Å². The topological polar surface area (TPSA) is 99.1 Å². The Hall–Kier alpha value is -3.57. The van der Waals surface area contributed by atoms with E-state index in [0.717, 1.165) is 12.1 Å². The van der Waals surface area contributed by atoms with Gasteiger partial charge in [0.15, 0.2) is 0 Å². The zero-order valence-corrected chi connectivity index (χ0v) is 19.7. The number of sulfonamides is 1. The first-order valence-electron chi connectivity index (χ1n) is 9.97. The highest BCUT2D eigenvalue weighted by Gasteiger charge is 2.35. The van der Waals surface area contributed by atoms with E-state index in [1.165, 1.54) is 37.3 Å². The van der Waals surface area contributed by atoms with E-state index < -0.39 is 44.9 Å². The Morgan fingerprint density at radius 1 is 1.06 bits per heavy atom. The summed E-state index contributed by atoms with van der Waals surface area (Å²) in [6.45, 7) is 0.621. The summed E-state index contributed by atoms with van der Waals surface area (Å²) in [7, 11) is -4.45. The molecule has 1 amide bonds. The summed E-state index contributed by atoms with van der Waals surface area (Å²) in [6.07, 6.45) is -4.85. The van der Waals surface area contributed by atoms with Crippen molar-refractivity contribution in [2.24, 2.45) is 5.10 Å². The molecular weight excluding hydrogens is 507 g/mol. The number of amides is 1. The Balaban J connectivity index is 1.98. The minimum Gasteiger partial charge on any atom is -0.507 e. The van der Waals surface area contributed by atoms with Gasteiger partial charge in [-0.25, -0.2) is 13.8 Å². The fourth-order valence-corrected chi connectivity index (χ4v) is 4.73. The maximum atomic E-state index is 13.4. The van der Waals surface area contributed by atoms with Crippen LogP contribution in [0.4, 0.5) is 18.9 Å². The number of nitrogens with zero attached hydrogens (tertiary/aromatic N) is 2. The number of alkyl halides is 3. The average molecular weight is 526 g/mol. The first-order valence-corrected chi connectivity index (χ1v) is 11.8. The molecule has 35 heavy (non-hydrogen) atoms. The van der Waals surface area contributed by atoms with E-state index in [1.54, 1.807) is 24.3 Å². The zero-order valence-electron chi connectivity index (χ0n) is 18.1. The van der Waals surface area contributed by atoms with Gasteiger partial charge in [-0.3, -0.25) is 9.10 Å². The zero-order chi connectivity index (χ0) is 25.8. The van der Waals surface area contributed by atoms with Crippen LogP contribution in [0.25, 0.3) is 0 Å². The number of anilines is 1. The second kappa shape index (κ2) is 10.4. The van der Waals surface area contributed by atoms with E-state index in [4.69, 9.17) is 11.6 Å². The standard InChI is InChI=1S/C23H19ClF3N3O4S/c1-15(18-9-5-6-10-21(18)31)28-29-22(32)14-30(35(33,34)17-7-3-2-4-8-17)16-11-12-20(24)19(13-16)23(25,26)27/h2-13,31H,14H2,1H3,(H,29,32). The lowest BCUT2D eigenvalue weighted by molar-refractivity contribution is -0.137. The fourth-order valence-electron chi connectivity index (χ4n) is 3.07. The van der Waals surface area contributed by atoms with Gasteiger partial charge in [0.2, 0.25) is 0 Å². The molecule has 3 aromatic rings. The third-order valence-corrected chi connectivity index (χ3v) is 6.92. The van der Waals surface area contributed by atoms with Crippen LogP contribution in [0, 0.1) is 0 Å². The van der Waals surface area contributed by atoms with Gasteiger partial charge in [-0.2, -0.15) is 18.3 Å². The molecule has 3 aromatic carbocycles. The highest BCUT2D eigenvalue weighted by Crippen LogP contribution is 2.38. The molecule has 0 atom stereocenters. The lowest BCUT2D eigenvalue weighted by atomic mass is 10.1. The molecule has 0 saturated heterocycles. The molecule has 0 aliphatic carbocycles. The molecular formula is C23H19ClF3N3O4S. The van der Waals surface area contributed by atoms with Gasteiger partial charge < -0.3 is 5.11 Å². The van der Waals surface area contributed by atoms with Crippen molar-refractivity contribution < 1.29 is 31.5 Å². The van der Waals surface area contributed by atoms with E-state index in [9.17, 15) is 31.5 Å². The number of phenolic OH excluding ortho intramolecular Hbond substituents is 1. The van der Waals surface area contributed by atoms with E-state index in [1.807, 2.05) is 0 Å². The monoisotopic (exact) mass is 525 g/mol. The molecule has 0 aromatic heterocycles. The van der Waals surface area contributed by atoms with Crippen LogP contribution in [0.15, 0.2) is 82.8 Å². The predicted molar refractivity (Wildman–Crippen MR) is 126 cm³/mol. The Labute approximate surface area is 204 Å². The van der Waals surface area contributed by atoms with Crippen molar-refractivity contribution >= 4 is 38.9 Å². The number of rotatable bonds is 7. The number of para-hydroxylation sites is 1. The molecule has 3 rings (SSSR count). The molecule has 0 saturated carbocycles. The van der Waals surface area contributed by atoms with Gasteiger partial charge in [0.25, 0.3) is 15.9 Å². The van der Waals surface area contributed by atoms with Crippen LogP contribution < -0.4 is 9.73 Å². The number of phenols is 1. The molecule has 0 bridgehead atoms. The molecule has 7 nitrogen and oxygen atoms in total. The molecule has 0 fully saturated rings. The number of hydrogen-bond donors (Lipinski definition) is 2. The van der Waals surface area contributed by atoms with Gasteiger partial charge >= 0.3 is 6.18 Å². The average Bonchev–Trinajstić information content (AvgIpc) is 2.81. The normalized spacial score (nSPS) is 12.3. The van der Waals surface area contributed by atoms with E-state index >= 15 is 0 Å². The Morgan fingerprint density at radius 3 is 2.31 bits per heavy atom. The van der Waals surface area contributed by atoms with E-state index in [0.29, 0.717) is 15.9 Å². The first-order chi connectivity index (χ1) is 16.4. The quantitative estimate of drug-likeness (QED) is 0.342. The second-order valence-corrected chi connectivity index (χ2v) is 9.51. The maximum absolute atomic E-state index is 13.4. The van der Waals surface area contributed by atoms with Crippen LogP contribution in [-0.4, -0.2) is 31.7 Å². The van der Waals surface area contributed by atoms with Gasteiger partial charge in [0, 0.05) is 5.56 Å². The highest BCUT2D eigenvalue weighted by atomic mass is 35.5. The van der Waals surface area contributed by atoms with Crippen LogP contribution in [0.3, 0.4) is 0 Å². The Morgan fingerprint density at radius 2 is 1.69 bits per heavy atom. The van der Waals surface area contributed by atoms with Crippen molar-refractivity contribution in [2.75, 3.05) is 10.8 Å². The number of carbonyl (C=O) groups excluding carboxylic acids is 1. The highest BCUT2D eigenvalue weighted by molar-refractivity contribution is 7.92. The number of hydrazone groups is 1. The van der Waals surface area contributed by atoms with Gasteiger partial charge in [0.1, 0.15) is 12.3 Å². The number of nitrogens with one attached hydrogen (secondary N) is 1. The summed E-state index contributed by atoms with van der Waals surface area (Å²) in [4.78, 5) is 12.4. The van der Waals surface area contributed by atoms with Crippen molar-refractivity contribution in [3.63, 3.8) is 0 Å². The van der Waals surface area contributed by atoms with Crippen molar-refractivity contribution in [2.45, 2.75) is 18.0 Å². The summed E-state index contributed by atoms with van der Waals surface area (Å²) in [6, 6.07) is 15.7. The van der Waals surface area contributed by atoms with Crippen LogP contribution in [-0.2, 0) is 21.0 Å². The summed E-state index contributed by atoms with van der Waals surface area (Å²) in [5.74, 6) is -1.01. The van der Waals surface area contributed by atoms with Gasteiger partial charge in [-0.15, -0.1) is 0 Å². The Kier molecular flexibility index (Phi) is 7.71. The fraction of sp³-hybridized carbons (Fsp3) is 0.130. The molecule has 0 spiro atoms. The number of halogens is 4. The van der Waals surface area contributed by atoms with Crippen LogP contribution in [0.2, 0.25) is 5.02 Å². The number of hydrogen-bond acceptors (Lipinski definition) is 5. The first kappa shape index (κ1) is 26.0. The Bertz CT molecular complexity index is 1360. The smallest absolute Gasteiger partial charge is 0.417 e. The van der Waals surface area contributed by atoms with Crippen LogP contribution in [0.1, 0.15) is 18.1 Å². The number of benzene rings is 3. The predicted octanol–water partition coefficient (Wildman–Crippen LogP) is 4.80. The molecule has 0 aliphatic heterocycles. The minimum absolute atomic E-state index is 0.0860. The van der Waals surface area contributed by atoms with Crippen LogP contribution in [0.5, 0.6) is 5.75 Å². The van der Waals surface area contributed by atoms with Crippen molar-refractivity contribution in [1.82, 2.24) is 5.43 Å². The minimum atomic E-state index is -4.85. The third-order valence-electron chi connectivity index (χ3n) is 4.80. The van der Waals surface area contributed by atoms with E-state index in [-0.39, 0.29) is 16.4 Å². The molecule has 0 unspecified atom stereocenters. The van der Waals surface area contributed by atoms with Gasteiger partial charge in [-0.05, 0) is 49.4 Å². The second-order valence-electron chi connectivity index (χ2n) is 7.24. The number of carbonyl (C=O) groups is 1. The molecule has 12 heteroatoms. The lowest BCUT2D eigenvalue weighted by Crippen LogP contribution is -2.40. The lowest BCUT2D eigenvalue weighted by Gasteiger charge is -2.25.